The Bertz CT molecular complexity index is 731. The second-order valence-electron chi connectivity index (χ2n) is 6.34. The summed E-state index contributed by atoms with van der Waals surface area (Å²) >= 11 is 3.40. The molecular weight excluding hydrogens is 374 g/mol. The largest absolute Gasteiger partial charge is 0.484 e. The van der Waals surface area contributed by atoms with Gasteiger partial charge in [-0.2, -0.15) is 0 Å². The number of hydrogen-bond donors (Lipinski definition) is 1. The molecule has 1 N–H and O–H groups in total. The molecule has 1 heterocycles. The number of nitrogens with one attached hydrogen (secondary N) is 1. The molecule has 2 rings (SSSR count). The topological polar surface area (TPSA) is 68.5 Å². The Morgan fingerprint density at radius 1 is 1.17 bits per heavy atom. The van der Waals surface area contributed by atoms with Gasteiger partial charge in [0.1, 0.15) is 18.1 Å². The number of furan rings is 1. The highest BCUT2D eigenvalue weighted by molar-refractivity contribution is 9.10. The molecule has 128 valence electrons. The lowest BCUT2D eigenvalue weighted by atomic mass is 9.91. The third-order valence-electron chi connectivity index (χ3n) is 3.34. The zero-order valence-corrected chi connectivity index (χ0v) is 15.5. The summed E-state index contributed by atoms with van der Waals surface area (Å²) in [6.07, 6.45) is 0. The van der Waals surface area contributed by atoms with E-state index >= 15 is 0 Å². The minimum Gasteiger partial charge on any atom is -0.484 e. The summed E-state index contributed by atoms with van der Waals surface area (Å²) in [6.45, 7) is 5.62. The lowest BCUT2D eigenvalue weighted by Gasteiger charge is -2.16. The van der Waals surface area contributed by atoms with Gasteiger partial charge in [-0.15, -0.1) is 0 Å². The summed E-state index contributed by atoms with van der Waals surface area (Å²) in [5, 5.41) is 2.57. The first-order valence-corrected chi connectivity index (χ1v) is 8.34. The Balaban J connectivity index is 1.89. The predicted molar refractivity (Wildman–Crippen MR) is 94.0 cm³/mol. The molecule has 0 spiro atoms. The average Bonchev–Trinajstić information content (AvgIpc) is 2.99. The molecule has 0 fully saturated rings. The van der Waals surface area contributed by atoms with Crippen molar-refractivity contribution in [1.82, 2.24) is 5.32 Å². The molecule has 0 atom stereocenters. The van der Waals surface area contributed by atoms with E-state index in [9.17, 15) is 9.59 Å². The Labute approximate surface area is 149 Å². The fourth-order valence-electron chi connectivity index (χ4n) is 1.80. The average molecular weight is 394 g/mol. The van der Waals surface area contributed by atoms with E-state index in [2.05, 4.69) is 21.2 Å². The van der Waals surface area contributed by atoms with Gasteiger partial charge in [-0.3, -0.25) is 9.59 Å². The fraction of sp³-hybridized carbons (Fsp3) is 0.333. The maximum atomic E-state index is 12.0. The molecule has 0 radical (unpaired) electrons. The van der Waals surface area contributed by atoms with Gasteiger partial charge in [-0.25, -0.2) is 0 Å². The molecule has 6 heteroatoms. The number of carbonyl (C=O) groups excluding carboxylic acids is 2. The number of hydrogen-bond acceptors (Lipinski definition) is 4. The number of amides is 1. The highest BCUT2D eigenvalue weighted by atomic mass is 79.9. The predicted octanol–water partition coefficient (Wildman–Crippen LogP) is 3.97. The number of para-hydroxylation sites is 1. The van der Waals surface area contributed by atoms with Gasteiger partial charge in [-0.1, -0.05) is 32.9 Å². The number of carbonyl (C=O) groups is 2. The van der Waals surface area contributed by atoms with Crippen LogP contribution in [-0.2, 0) is 11.4 Å². The van der Waals surface area contributed by atoms with Gasteiger partial charge in [0.15, 0.2) is 11.5 Å². The first-order valence-electron chi connectivity index (χ1n) is 7.55. The SMILES string of the molecule is CC(C)(C)C(=O)CNC(=O)c1ccc(COc2ccccc2Br)o1. The van der Waals surface area contributed by atoms with Crippen molar-refractivity contribution in [3.8, 4) is 5.75 Å². The first kappa shape index (κ1) is 18.3. The van der Waals surface area contributed by atoms with Gasteiger partial charge < -0.3 is 14.5 Å². The van der Waals surface area contributed by atoms with Crippen LogP contribution in [0.1, 0.15) is 37.1 Å². The highest BCUT2D eigenvalue weighted by Crippen LogP contribution is 2.25. The Morgan fingerprint density at radius 2 is 1.88 bits per heavy atom. The molecule has 0 bridgehead atoms. The van der Waals surface area contributed by atoms with E-state index in [1.54, 1.807) is 12.1 Å². The summed E-state index contributed by atoms with van der Waals surface area (Å²) in [7, 11) is 0. The summed E-state index contributed by atoms with van der Waals surface area (Å²) < 4.78 is 11.9. The van der Waals surface area contributed by atoms with E-state index in [4.69, 9.17) is 9.15 Å². The molecule has 24 heavy (non-hydrogen) atoms. The van der Waals surface area contributed by atoms with Gasteiger partial charge in [0.2, 0.25) is 0 Å². The minimum absolute atomic E-state index is 0.0220. The quantitative estimate of drug-likeness (QED) is 0.805. The normalized spacial score (nSPS) is 11.2. The Morgan fingerprint density at radius 3 is 2.54 bits per heavy atom. The smallest absolute Gasteiger partial charge is 0.287 e. The molecular formula is C18H20BrNO4. The molecule has 1 aromatic carbocycles. The van der Waals surface area contributed by atoms with E-state index < -0.39 is 11.3 Å². The zero-order valence-electron chi connectivity index (χ0n) is 13.9. The molecule has 0 saturated carbocycles. The van der Waals surface area contributed by atoms with Crippen LogP contribution in [0.25, 0.3) is 0 Å². The number of benzene rings is 1. The van der Waals surface area contributed by atoms with Crippen LogP contribution in [0.4, 0.5) is 0 Å². The van der Waals surface area contributed by atoms with Crippen LogP contribution in [0.5, 0.6) is 5.75 Å². The molecule has 5 nitrogen and oxygen atoms in total. The van der Waals surface area contributed by atoms with Crippen LogP contribution in [-0.4, -0.2) is 18.2 Å². The standard InChI is InChI=1S/C18H20BrNO4/c1-18(2,3)16(21)10-20-17(22)15-9-8-12(24-15)11-23-14-7-5-4-6-13(14)19/h4-9H,10-11H2,1-3H3,(H,20,22). The third-order valence-corrected chi connectivity index (χ3v) is 3.99. The van der Waals surface area contributed by atoms with Crippen LogP contribution in [0.15, 0.2) is 45.3 Å². The van der Waals surface area contributed by atoms with Crippen molar-refractivity contribution in [2.45, 2.75) is 27.4 Å². The van der Waals surface area contributed by atoms with Crippen LogP contribution >= 0.6 is 15.9 Å². The van der Waals surface area contributed by atoms with Crippen LogP contribution in [0.2, 0.25) is 0 Å². The van der Waals surface area contributed by atoms with Crippen molar-refractivity contribution in [3.05, 3.63) is 52.4 Å². The van der Waals surface area contributed by atoms with Gasteiger partial charge in [0, 0.05) is 5.41 Å². The number of halogens is 1. The molecule has 1 aromatic heterocycles. The number of rotatable bonds is 6. The number of ketones is 1. The van der Waals surface area contributed by atoms with Crippen LogP contribution < -0.4 is 10.1 Å². The lowest BCUT2D eigenvalue weighted by Crippen LogP contribution is -2.35. The van der Waals surface area contributed by atoms with E-state index in [-0.39, 0.29) is 24.7 Å². The third kappa shape index (κ3) is 4.96. The van der Waals surface area contributed by atoms with Crippen LogP contribution in [0, 0.1) is 5.41 Å². The number of ether oxygens (including phenoxy) is 1. The Hall–Kier alpha value is -2.08. The van der Waals surface area contributed by atoms with Gasteiger partial charge >= 0.3 is 0 Å². The minimum atomic E-state index is -0.488. The van der Waals surface area contributed by atoms with Crippen molar-refractivity contribution in [2.24, 2.45) is 5.41 Å². The van der Waals surface area contributed by atoms with Crippen molar-refractivity contribution in [2.75, 3.05) is 6.54 Å². The van der Waals surface area contributed by atoms with Gasteiger partial charge in [-0.05, 0) is 40.2 Å². The highest BCUT2D eigenvalue weighted by Gasteiger charge is 2.22. The lowest BCUT2D eigenvalue weighted by molar-refractivity contribution is -0.125. The first-order chi connectivity index (χ1) is 11.3. The van der Waals surface area contributed by atoms with E-state index in [1.807, 2.05) is 45.0 Å². The maximum absolute atomic E-state index is 12.0. The fourth-order valence-corrected chi connectivity index (χ4v) is 2.20. The molecule has 0 saturated heterocycles. The monoisotopic (exact) mass is 393 g/mol. The van der Waals surface area contributed by atoms with E-state index in [0.717, 1.165) is 4.47 Å². The molecule has 0 aliphatic carbocycles. The van der Waals surface area contributed by atoms with E-state index in [0.29, 0.717) is 11.5 Å². The summed E-state index contributed by atoms with van der Waals surface area (Å²) in [5.74, 6) is 0.913. The van der Waals surface area contributed by atoms with Crippen LogP contribution in [0.3, 0.4) is 0 Å². The van der Waals surface area contributed by atoms with Crippen molar-refractivity contribution in [1.29, 1.82) is 0 Å². The summed E-state index contributed by atoms with van der Waals surface area (Å²) in [4.78, 5) is 23.8. The van der Waals surface area contributed by atoms with Crippen molar-refractivity contribution in [3.63, 3.8) is 0 Å². The van der Waals surface area contributed by atoms with E-state index in [1.165, 1.54) is 0 Å². The Kier molecular flexibility index (Phi) is 5.83. The van der Waals surface area contributed by atoms with Gasteiger partial charge in [0.05, 0.1) is 11.0 Å². The maximum Gasteiger partial charge on any atom is 0.287 e. The summed E-state index contributed by atoms with van der Waals surface area (Å²) in [6, 6.07) is 10.7. The van der Waals surface area contributed by atoms with Crippen molar-refractivity contribution < 1.29 is 18.7 Å². The zero-order chi connectivity index (χ0) is 17.7. The number of Topliss-reactive ketones (excluding diaryl/α,β-unsaturated/α-hetero) is 1. The summed E-state index contributed by atoms with van der Waals surface area (Å²) in [5.41, 5.74) is -0.488. The molecule has 0 aliphatic rings. The molecule has 2 aromatic rings. The second kappa shape index (κ2) is 7.66. The second-order valence-corrected chi connectivity index (χ2v) is 7.20. The van der Waals surface area contributed by atoms with Crippen molar-refractivity contribution >= 4 is 27.6 Å². The molecule has 0 unspecified atom stereocenters. The van der Waals surface area contributed by atoms with Gasteiger partial charge in [0.25, 0.3) is 5.91 Å². The molecule has 1 amide bonds. The molecule has 0 aliphatic heterocycles.